The van der Waals surface area contributed by atoms with E-state index < -0.39 is 13.3 Å². The maximum atomic E-state index is 4.68. The summed E-state index contributed by atoms with van der Waals surface area (Å²) in [5.41, 5.74) is 12.3. The van der Waals surface area contributed by atoms with E-state index in [4.69, 9.17) is 0 Å². The Labute approximate surface area is 319 Å². The summed E-state index contributed by atoms with van der Waals surface area (Å²) in [5.74, 6) is 7.14. The molecule has 1 radical (unpaired) electrons. The summed E-state index contributed by atoms with van der Waals surface area (Å²) >= 11 is 0.124. The molecule has 0 bridgehead atoms. The van der Waals surface area contributed by atoms with Crippen LogP contribution in [0, 0.1) is 38.3 Å². The van der Waals surface area contributed by atoms with Crippen molar-refractivity contribution in [3.05, 3.63) is 138 Å². The number of rotatable bonds is 5. The van der Waals surface area contributed by atoms with Gasteiger partial charge >= 0.3 is 99.8 Å². The molecule has 0 aliphatic rings. The van der Waals surface area contributed by atoms with Gasteiger partial charge in [-0.15, -0.1) is 23.8 Å². The van der Waals surface area contributed by atoms with Crippen molar-refractivity contribution in [1.82, 2.24) is 9.97 Å². The average molecular weight is 912 g/mol. The van der Waals surface area contributed by atoms with E-state index in [2.05, 4.69) is 148 Å². The molecule has 0 aliphatic carbocycles. The van der Waals surface area contributed by atoms with E-state index in [9.17, 15) is 0 Å². The molecule has 257 valence electrons. The first-order chi connectivity index (χ1) is 23.2. The van der Waals surface area contributed by atoms with E-state index >= 15 is 0 Å². The Kier molecular flexibility index (Phi) is 11.7. The van der Waals surface area contributed by atoms with Crippen LogP contribution in [-0.2, 0) is 26.5 Å². The number of thiophene rings is 1. The first-order valence-electron chi connectivity index (χ1n) is 17.1. The van der Waals surface area contributed by atoms with Gasteiger partial charge in [-0.1, -0.05) is 61.5 Å². The molecule has 0 saturated carbocycles. The summed E-state index contributed by atoms with van der Waals surface area (Å²) in [6.07, 6.45) is 5.00. The molecule has 3 aromatic heterocycles. The van der Waals surface area contributed by atoms with Crippen molar-refractivity contribution in [2.45, 2.75) is 65.2 Å². The van der Waals surface area contributed by atoms with Crippen LogP contribution in [0.3, 0.4) is 0 Å². The van der Waals surface area contributed by atoms with Crippen molar-refractivity contribution in [1.29, 1.82) is 0 Å². The van der Waals surface area contributed by atoms with Crippen LogP contribution in [0.2, 0.25) is 17.3 Å². The Balaban J connectivity index is 0.000000241. The summed E-state index contributed by atoms with van der Waals surface area (Å²) < 4.78 is 4.03. The zero-order valence-electron chi connectivity index (χ0n) is 30.7. The smallest absolute Gasteiger partial charge is 0 e. The van der Waals surface area contributed by atoms with Gasteiger partial charge in [0.2, 0.25) is 0 Å². The summed E-state index contributed by atoms with van der Waals surface area (Å²) in [5, 5.41) is 2.60. The molecule has 7 rings (SSSR count). The van der Waals surface area contributed by atoms with Crippen molar-refractivity contribution in [2.24, 2.45) is 5.41 Å². The Morgan fingerprint density at radius 1 is 0.720 bits per heavy atom. The normalized spacial score (nSPS) is 11.6. The average Bonchev–Trinajstić information content (AvgIpc) is 3.41. The molecule has 0 spiro atoms. The second kappa shape index (κ2) is 15.5. The quantitative estimate of drug-likeness (QED) is 0.127. The van der Waals surface area contributed by atoms with Crippen LogP contribution in [0.15, 0.2) is 103 Å². The molecule has 0 saturated heterocycles. The molecule has 4 aromatic carbocycles. The second-order valence-electron chi connectivity index (χ2n) is 15.5. The molecular formula is C45H46GeIrN2S-2. The van der Waals surface area contributed by atoms with Crippen LogP contribution in [-0.4, -0.2) is 23.2 Å². The predicted octanol–water partition coefficient (Wildman–Crippen LogP) is 12.2. The second-order valence-corrected chi connectivity index (χ2v) is 27.2. The van der Waals surface area contributed by atoms with E-state index in [0.717, 1.165) is 28.9 Å². The zero-order valence-corrected chi connectivity index (χ0v) is 36.0. The van der Waals surface area contributed by atoms with E-state index in [-0.39, 0.29) is 25.5 Å². The molecule has 3 heterocycles. The molecule has 0 aliphatic heterocycles. The third kappa shape index (κ3) is 8.90. The third-order valence-corrected chi connectivity index (χ3v) is 14.2. The largest absolute Gasteiger partial charge is 0 e. The molecule has 2 nitrogen and oxygen atoms in total. The standard InChI is InChI=1S/C31H30NS.C14H16GeN.Ir/c1-19-13-20(2)30(21(3)14-19)24-8-10-29-26(17-24)25-16-23(7-9-28(25)33-29)27-15-22(11-12-32-27)18-31(4,5)6;1-15(2,3)13-9-10-14(16-11-13)12-7-5-4-6-8-12;/h8-17H,18H2,1-6H3;4-7,9-11H,1-3H3;/q2*-1;. The SMILES string of the molecule is Cc1cc(C)c(-c2ccc3sc4c[c-]c(-c5cc(CC(C)(C)C)ccn5)cc4c3c2)c(C)c1.[CH3][Ge]([CH3])([CH3])[c]1ccc(-c2[c-]cccc2)nc1.[Ir]. The Bertz CT molecular complexity index is 2220. The summed E-state index contributed by atoms with van der Waals surface area (Å²) in [6, 6.07) is 39.2. The van der Waals surface area contributed by atoms with Crippen molar-refractivity contribution in [3.63, 3.8) is 0 Å². The summed E-state index contributed by atoms with van der Waals surface area (Å²) in [7, 11) is 0. The maximum absolute atomic E-state index is 4.68. The molecule has 7 aromatic rings. The van der Waals surface area contributed by atoms with E-state index in [0.29, 0.717) is 0 Å². The fraction of sp³-hybridized carbons (Fsp3) is 0.244. The zero-order chi connectivity index (χ0) is 34.9. The number of hydrogen-bond acceptors (Lipinski definition) is 3. The third-order valence-electron chi connectivity index (χ3n) is 8.82. The minimum atomic E-state index is -1.72. The Morgan fingerprint density at radius 3 is 2.10 bits per heavy atom. The van der Waals surface area contributed by atoms with Crippen LogP contribution in [0.1, 0.15) is 43.0 Å². The first-order valence-corrected chi connectivity index (χ1v) is 25.3. The van der Waals surface area contributed by atoms with E-state index in [1.165, 1.54) is 57.9 Å². The van der Waals surface area contributed by atoms with Crippen LogP contribution in [0.5, 0.6) is 0 Å². The molecule has 0 fully saturated rings. The number of nitrogens with zero attached hydrogens (tertiary/aromatic N) is 2. The molecule has 0 unspecified atom stereocenters. The van der Waals surface area contributed by atoms with Gasteiger partial charge in [0.05, 0.1) is 0 Å². The maximum Gasteiger partial charge on any atom is 0 e. The topological polar surface area (TPSA) is 25.8 Å². The van der Waals surface area contributed by atoms with E-state index in [1.54, 1.807) is 0 Å². The number of aromatic nitrogens is 2. The van der Waals surface area contributed by atoms with Gasteiger partial charge in [0.25, 0.3) is 0 Å². The van der Waals surface area contributed by atoms with Gasteiger partial charge in [0, 0.05) is 31.0 Å². The van der Waals surface area contributed by atoms with Gasteiger partial charge in [-0.2, -0.15) is 11.3 Å². The van der Waals surface area contributed by atoms with Crippen molar-refractivity contribution in [3.8, 4) is 33.6 Å². The number of hydrogen-bond donors (Lipinski definition) is 0. The molecule has 0 N–H and O–H groups in total. The van der Waals surface area contributed by atoms with Crippen LogP contribution >= 0.6 is 11.3 Å². The van der Waals surface area contributed by atoms with Crippen LogP contribution in [0.25, 0.3) is 53.8 Å². The van der Waals surface area contributed by atoms with Crippen molar-refractivity contribution < 1.29 is 20.1 Å². The first kappa shape index (κ1) is 37.8. The molecule has 5 heteroatoms. The Hall–Kier alpha value is -3.41. The summed E-state index contributed by atoms with van der Waals surface area (Å²) in [6.45, 7) is 13.4. The molecule has 50 heavy (non-hydrogen) atoms. The molecule has 0 amide bonds. The van der Waals surface area contributed by atoms with Crippen LogP contribution in [0.4, 0.5) is 0 Å². The van der Waals surface area contributed by atoms with Gasteiger partial charge in [0.1, 0.15) is 0 Å². The van der Waals surface area contributed by atoms with Gasteiger partial charge in [0.15, 0.2) is 0 Å². The fourth-order valence-corrected chi connectivity index (χ4v) is 9.77. The van der Waals surface area contributed by atoms with E-state index in [1.807, 2.05) is 48.0 Å². The van der Waals surface area contributed by atoms with Crippen LogP contribution < -0.4 is 4.40 Å². The minimum absolute atomic E-state index is 0. The van der Waals surface area contributed by atoms with Gasteiger partial charge in [-0.05, 0) is 88.8 Å². The van der Waals surface area contributed by atoms with Gasteiger partial charge in [-0.3, -0.25) is 0 Å². The number of benzene rings is 4. The Morgan fingerprint density at radius 2 is 1.46 bits per heavy atom. The van der Waals surface area contributed by atoms with Gasteiger partial charge in [-0.25, -0.2) is 0 Å². The predicted molar refractivity (Wildman–Crippen MR) is 216 cm³/mol. The molecular weight excluding hydrogens is 865 g/mol. The fourth-order valence-electron chi connectivity index (χ4n) is 6.55. The number of fused-ring (bicyclic) bond motifs is 3. The number of pyridine rings is 2. The monoisotopic (exact) mass is 913 g/mol. The molecule has 0 atom stereocenters. The summed E-state index contributed by atoms with van der Waals surface area (Å²) in [4.78, 5) is 9.21. The van der Waals surface area contributed by atoms with Crippen molar-refractivity contribution >= 4 is 49.2 Å². The van der Waals surface area contributed by atoms with Crippen molar-refractivity contribution in [2.75, 3.05) is 0 Å². The number of aryl methyl sites for hydroxylation is 3. The minimum Gasteiger partial charge on any atom is 0 e. The van der Waals surface area contributed by atoms with Gasteiger partial charge < -0.3 is 4.98 Å².